The summed E-state index contributed by atoms with van der Waals surface area (Å²) in [5.74, 6) is 6.24. The van der Waals surface area contributed by atoms with Crippen LogP contribution in [-0.2, 0) is 16.1 Å². The lowest BCUT2D eigenvalue weighted by Gasteiger charge is -2.12. The number of halogens is 1. The normalized spacial score (nSPS) is 11.5. The van der Waals surface area contributed by atoms with Crippen LogP contribution in [0, 0.1) is 11.8 Å². The van der Waals surface area contributed by atoms with Crippen molar-refractivity contribution in [1.29, 1.82) is 0 Å². The van der Waals surface area contributed by atoms with E-state index >= 15 is 0 Å². The van der Waals surface area contributed by atoms with E-state index in [0.29, 0.717) is 13.2 Å². The van der Waals surface area contributed by atoms with Gasteiger partial charge in [0, 0.05) is 16.2 Å². The molecular weight excluding hydrogens is 422 g/mol. The van der Waals surface area contributed by atoms with Gasteiger partial charge >= 0.3 is 5.97 Å². The van der Waals surface area contributed by atoms with Gasteiger partial charge in [-0.15, -0.1) is 5.92 Å². The van der Waals surface area contributed by atoms with Gasteiger partial charge < -0.3 is 9.47 Å². The first-order chi connectivity index (χ1) is 13.6. The molecule has 28 heavy (non-hydrogen) atoms. The Morgan fingerprint density at radius 3 is 2.82 bits per heavy atom. The van der Waals surface area contributed by atoms with E-state index in [1.165, 1.54) is 6.33 Å². The van der Waals surface area contributed by atoms with E-state index in [0.717, 1.165) is 27.0 Å². The molecule has 2 heterocycles. The molecule has 0 spiro atoms. The SMILES string of the molecule is CC#CC(CC(=O)OCC)c1ccc(OCc2cc(Br)cn3ncnc23)cc1. The molecule has 7 heteroatoms. The molecule has 0 aliphatic carbocycles. The summed E-state index contributed by atoms with van der Waals surface area (Å²) in [6.07, 6.45) is 3.59. The molecule has 0 saturated heterocycles. The van der Waals surface area contributed by atoms with E-state index in [-0.39, 0.29) is 18.3 Å². The van der Waals surface area contributed by atoms with E-state index in [4.69, 9.17) is 9.47 Å². The standard InChI is InChI=1S/C21H20BrN3O3/c1-3-5-16(11-20(26)27-4-2)15-6-8-19(9-7-15)28-13-17-10-18(22)12-25-21(17)23-14-24-25/h6-10,12,14,16H,4,11,13H2,1-2H3. The predicted octanol–water partition coefficient (Wildman–Crippen LogP) is 4.13. The number of hydrogen-bond donors (Lipinski definition) is 0. The Morgan fingerprint density at radius 2 is 2.11 bits per heavy atom. The predicted molar refractivity (Wildman–Crippen MR) is 109 cm³/mol. The lowest BCUT2D eigenvalue weighted by atomic mass is 9.96. The average molecular weight is 442 g/mol. The Balaban J connectivity index is 1.70. The van der Waals surface area contributed by atoms with Gasteiger partial charge in [0.05, 0.1) is 18.9 Å². The Bertz CT molecular complexity index is 1020. The molecule has 3 aromatic rings. The van der Waals surface area contributed by atoms with Crippen molar-refractivity contribution < 1.29 is 14.3 Å². The maximum Gasteiger partial charge on any atom is 0.307 e. The third kappa shape index (κ3) is 4.90. The molecule has 0 bridgehead atoms. The molecule has 144 valence electrons. The maximum atomic E-state index is 11.8. The largest absolute Gasteiger partial charge is 0.489 e. The third-order valence-electron chi connectivity index (χ3n) is 4.09. The summed E-state index contributed by atoms with van der Waals surface area (Å²) in [7, 11) is 0. The van der Waals surface area contributed by atoms with Crippen molar-refractivity contribution in [3.63, 3.8) is 0 Å². The molecular formula is C21H20BrN3O3. The minimum Gasteiger partial charge on any atom is -0.489 e. The van der Waals surface area contributed by atoms with Crippen molar-refractivity contribution in [2.45, 2.75) is 32.8 Å². The lowest BCUT2D eigenvalue weighted by Crippen LogP contribution is -2.09. The van der Waals surface area contributed by atoms with Crippen LogP contribution in [0.3, 0.4) is 0 Å². The summed E-state index contributed by atoms with van der Waals surface area (Å²) < 4.78 is 13.6. The van der Waals surface area contributed by atoms with Crippen molar-refractivity contribution in [2.75, 3.05) is 6.61 Å². The Hall–Kier alpha value is -2.85. The topological polar surface area (TPSA) is 65.7 Å². The van der Waals surface area contributed by atoms with Gasteiger partial charge in [0.25, 0.3) is 0 Å². The van der Waals surface area contributed by atoms with Crippen LogP contribution in [0.25, 0.3) is 5.65 Å². The number of hydrogen-bond acceptors (Lipinski definition) is 5. The van der Waals surface area contributed by atoms with Gasteiger partial charge in [0.2, 0.25) is 0 Å². The van der Waals surface area contributed by atoms with Crippen LogP contribution in [-0.4, -0.2) is 27.2 Å². The molecule has 0 saturated carbocycles. The summed E-state index contributed by atoms with van der Waals surface area (Å²) in [6, 6.07) is 9.58. The molecule has 1 aromatic carbocycles. The second kappa shape index (κ2) is 9.38. The van der Waals surface area contributed by atoms with Gasteiger partial charge in [-0.05, 0) is 53.5 Å². The Morgan fingerprint density at radius 1 is 1.32 bits per heavy atom. The smallest absolute Gasteiger partial charge is 0.307 e. The number of ether oxygens (including phenoxy) is 2. The van der Waals surface area contributed by atoms with Crippen LogP contribution in [0.1, 0.15) is 37.3 Å². The van der Waals surface area contributed by atoms with E-state index in [1.54, 1.807) is 18.4 Å². The van der Waals surface area contributed by atoms with Crippen LogP contribution < -0.4 is 4.74 Å². The van der Waals surface area contributed by atoms with Gasteiger partial charge in [0.15, 0.2) is 5.65 Å². The molecule has 2 aromatic heterocycles. The molecule has 1 unspecified atom stereocenters. The molecule has 6 nitrogen and oxygen atoms in total. The van der Waals surface area contributed by atoms with Gasteiger partial charge in [-0.1, -0.05) is 18.1 Å². The summed E-state index contributed by atoms with van der Waals surface area (Å²) in [6.45, 7) is 4.29. The third-order valence-corrected chi connectivity index (χ3v) is 4.52. The zero-order valence-electron chi connectivity index (χ0n) is 15.7. The van der Waals surface area contributed by atoms with Crippen LogP contribution >= 0.6 is 15.9 Å². The van der Waals surface area contributed by atoms with Gasteiger partial charge in [-0.3, -0.25) is 4.79 Å². The van der Waals surface area contributed by atoms with Crippen molar-refractivity contribution in [3.05, 3.63) is 58.5 Å². The molecule has 0 amide bonds. The first-order valence-corrected chi connectivity index (χ1v) is 9.68. The van der Waals surface area contributed by atoms with Crippen LogP contribution in [0.15, 0.2) is 47.3 Å². The highest BCUT2D eigenvalue weighted by atomic mass is 79.9. The highest BCUT2D eigenvalue weighted by Crippen LogP contribution is 2.24. The van der Waals surface area contributed by atoms with Gasteiger partial charge in [-0.2, -0.15) is 5.10 Å². The molecule has 0 aliphatic rings. The number of nitrogens with zero attached hydrogens (tertiary/aromatic N) is 3. The fourth-order valence-corrected chi connectivity index (χ4v) is 3.31. The molecule has 1 atom stereocenters. The quantitative estimate of drug-likeness (QED) is 0.407. The van der Waals surface area contributed by atoms with Crippen molar-refractivity contribution in [3.8, 4) is 17.6 Å². The summed E-state index contributed by atoms with van der Waals surface area (Å²) in [5.41, 5.74) is 2.64. The molecule has 3 rings (SSSR count). The van der Waals surface area contributed by atoms with Gasteiger partial charge in [0.1, 0.15) is 18.7 Å². The summed E-state index contributed by atoms with van der Waals surface area (Å²) in [5, 5.41) is 4.15. The monoisotopic (exact) mass is 441 g/mol. The highest BCUT2D eigenvalue weighted by Gasteiger charge is 2.15. The summed E-state index contributed by atoms with van der Waals surface area (Å²) in [4.78, 5) is 16.1. The molecule has 0 fully saturated rings. The second-order valence-corrected chi connectivity index (χ2v) is 6.94. The first kappa shape index (κ1) is 19.9. The second-order valence-electron chi connectivity index (χ2n) is 6.03. The van der Waals surface area contributed by atoms with Crippen LogP contribution in [0.2, 0.25) is 0 Å². The minimum absolute atomic E-state index is 0.196. The number of benzene rings is 1. The fraction of sp³-hybridized carbons (Fsp3) is 0.286. The van der Waals surface area contributed by atoms with Crippen LogP contribution in [0.5, 0.6) is 5.75 Å². The van der Waals surface area contributed by atoms with E-state index in [9.17, 15) is 4.79 Å². The van der Waals surface area contributed by atoms with Crippen molar-refractivity contribution >= 4 is 27.5 Å². The summed E-state index contributed by atoms with van der Waals surface area (Å²) >= 11 is 3.47. The zero-order chi connectivity index (χ0) is 19.9. The molecule has 0 radical (unpaired) electrons. The molecule has 0 N–H and O–H groups in total. The van der Waals surface area contributed by atoms with Gasteiger partial charge in [-0.25, -0.2) is 9.50 Å². The van der Waals surface area contributed by atoms with Crippen molar-refractivity contribution in [2.24, 2.45) is 0 Å². The molecule has 0 aliphatic heterocycles. The highest BCUT2D eigenvalue weighted by molar-refractivity contribution is 9.10. The number of carbonyl (C=O) groups is 1. The van der Waals surface area contributed by atoms with E-state index < -0.39 is 0 Å². The number of carbonyl (C=O) groups excluding carboxylic acids is 1. The fourth-order valence-electron chi connectivity index (χ4n) is 2.84. The van der Waals surface area contributed by atoms with Crippen molar-refractivity contribution in [1.82, 2.24) is 14.6 Å². The van der Waals surface area contributed by atoms with E-state index in [2.05, 4.69) is 37.9 Å². The number of esters is 1. The number of fused-ring (bicyclic) bond motifs is 1. The van der Waals surface area contributed by atoms with Crippen LogP contribution in [0.4, 0.5) is 0 Å². The lowest BCUT2D eigenvalue weighted by molar-refractivity contribution is -0.143. The Kier molecular flexibility index (Phi) is 6.66. The number of pyridine rings is 1. The zero-order valence-corrected chi connectivity index (χ0v) is 17.3. The number of aromatic nitrogens is 3. The first-order valence-electron chi connectivity index (χ1n) is 8.89. The van der Waals surface area contributed by atoms with E-state index in [1.807, 2.05) is 36.5 Å². The number of rotatable bonds is 7. The minimum atomic E-state index is -0.248. The maximum absolute atomic E-state index is 11.8. The average Bonchev–Trinajstić information content (AvgIpc) is 3.15. The Labute approximate surface area is 172 Å².